The monoisotopic (exact) mass is 328 g/mol. The number of anilines is 1. The van der Waals surface area contributed by atoms with Crippen LogP contribution in [-0.4, -0.2) is 30.0 Å². The summed E-state index contributed by atoms with van der Waals surface area (Å²) in [6.45, 7) is 1.89. The van der Waals surface area contributed by atoms with Crippen LogP contribution in [0.1, 0.15) is 40.8 Å². The molecule has 0 radical (unpaired) electrons. The Balaban J connectivity index is 1.82. The minimum absolute atomic E-state index is 0.0407. The number of aromatic nitrogens is 2. The highest BCUT2D eigenvalue weighted by molar-refractivity contribution is 5.95. The second kappa shape index (κ2) is 6.55. The average Bonchev–Trinajstić information content (AvgIpc) is 3.36. The van der Waals surface area contributed by atoms with E-state index in [4.69, 9.17) is 0 Å². The largest absolute Gasteiger partial charge is 0.378 e. The van der Waals surface area contributed by atoms with Gasteiger partial charge in [-0.15, -0.1) is 0 Å². The molecule has 1 aliphatic carbocycles. The van der Waals surface area contributed by atoms with Gasteiger partial charge in [-0.2, -0.15) is 0 Å². The van der Waals surface area contributed by atoms with Gasteiger partial charge in [-0.1, -0.05) is 0 Å². The number of hydrogen-bond acceptors (Lipinski definition) is 4. The molecular weight excluding hydrogens is 307 g/mol. The lowest BCUT2D eigenvalue weighted by molar-refractivity contribution is 0.0925. The predicted molar refractivity (Wildman–Crippen MR) is 90.4 cm³/mol. The van der Waals surface area contributed by atoms with Crippen LogP contribution < -0.4 is 10.2 Å². The fraction of sp³-hybridized carbons (Fsp3) is 0.389. The van der Waals surface area contributed by atoms with Crippen LogP contribution in [0.5, 0.6) is 0 Å². The van der Waals surface area contributed by atoms with E-state index in [1.165, 1.54) is 12.1 Å². The molecule has 1 fully saturated rings. The highest BCUT2D eigenvalue weighted by Crippen LogP contribution is 2.40. The molecule has 0 saturated heterocycles. The van der Waals surface area contributed by atoms with Gasteiger partial charge in [0.25, 0.3) is 5.91 Å². The highest BCUT2D eigenvalue weighted by atomic mass is 19.1. The van der Waals surface area contributed by atoms with Crippen LogP contribution >= 0.6 is 0 Å². The van der Waals surface area contributed by atoms with Crippen molar-refractivity contribution in [1.29, 1.82) is 0 Å². The Morgan fingerprint density at radius 2 is 2.08 bits per heavy atom. The third-order valence-electron chi connectivity index (χ3n) is 4.19. The maximum absolute atomic E-state index is 14.3. The summed E-state index contributed by atoms with van der Waals surface area (Å²) in [4.78, 5) is 23.0. The molecule has 24 heavy (non-hydrogen) atoms. The Labute approximate surface area is 140 Å². The van der Waals surface area contributed by atoms with Crippen LogP contribution in [0.3, 0.4) is 0 Å². The Hall–Kier alpha value is -2.50. The second-order valence-electron chi connectivity index (χ2n) is 6.40. The quantitative estimate of drug-likeness (QED) is 0.917. The third-order valence-corrected chi connectivity index (χ3v) is 4.19. The van der Waals surface area contributed by atoms with E-state index in [1.807, 2.05) is 27.1 Å². The molecule has 1 aliphatic rings. The van der Waals surface area contributed by atoms with Crippen LogP contribution in [0.15, 0.2) is 30.5 Å². The molecule has 1 aromatic heterocycles. The highest BCUT2D eigenvalue weighted by Gasteiger charge is 2.35. The summed E-state index contributed by atoms with van der Waals surface area (Å²) in [6.07, 6.45) is 3.72. The van der Waals surface area contributed by atoms with Crippen LogP contribution in [0, 0.1) is 18.7 Å². The zero-order chi connectivity index (χ0) is 17.3. The van der Waals surface area contributed by atoms with Crippen molar-refractivity contribution in [2.75, 3.05) is 19.0 Å². The number of hydrogen-bond donors (Lipinski definition) is 1. The van der Waals surface area contributed by atoms with E-state index in [1.54, 1.807) is 17.2 Å². The number of nitrogens with zero attached hydrogens (tertiary/aromatic N) is 3. The van der Waals surface area contributed by atoms with E-state index in [9.17, 15) is 9.18 Å². The molecule has 6 heteroatoms. The summed E-state index contributed by atoms with van der Waals surface area (Å²) >= 11 is 0. The topological polar surface area (TPSA) is 58.1 Å². The van der Waals surface area contributed by atoms with Gasteiger partial charge < -0.3 is 10.2 Å². The number of halogens is 1. The Morgan fingerprint density at radius 3 is 2.67 bits per heavy atom. The van der Waals surface area contributed by atoms with Crippen LogP contribution in [0.25, 0.3) is 0 Å². The van der Waals surface area contributed by atoms with Crippen molar-refractivity contribution in [3.63, 3.8) is 0 Å². The molecule has 1 unspecified atom stereocenters. The summed E-state index contributed by atoms with van der Waals surface area (Å²) in [6, 6.07) is 6.15. The van der Waals surface area contributed by atoms with E-state index in [-0.39, 0.29) is 11.6 Å². The van der Waals surface area contributed by atoms with Crippen molar-refractivity contribution in [2.45, 2.75) is 25.8 Å². The number of nitrogens with one attached hydrogen (secondary N) is 1. The molecule has 2 aromatic rings. The van der Waals surface area contributed by atoms with Crippen LogP contribution in [0.2, 0.25) is 0 Å². The van der Waals surface area contributed by atoms with E-state index >= 15 is 0 Å². The van der Waals surface area contributed by atoms with Crippen molar-refractivity contribution in [2.24, 2.45) is 5.92 Å². The minimum Gasteiger partial charge on any atom is -0.378 e. The molecule has 0 bridgehead atoms. The summed E-state index contributed by atoms with van der Waals surface area (Å²) in [5, 5.41) is 2.91. The van der Waals surface area contributed by atoms with Gasteiger partial charge >= 0.3 is 0 Å². The van der Waals surface area contributed by atoms with Crippen molar-refractivity contribution in [3.8, 4) is 0 Å². The average molecular weight is 328 g/mol. The lowest BCUT2D eigenvalue weighted by atomic mass is 10.1. The molecule has 126 valence electrons. The Kier molecular flexibility index (Phi) is 4.46. The molecule has 1 aromatic carbocycles. The van der Waals surface area contributed by atoms with Crippen LogP contribution in [-0.2, 0) is 0 Å². The van der Waals surface area contributed by atoms with Gasteiger partial charge in [0.15, 0.2) is 5.82 Å². The zero-order valence-corrected chi connectivity index (χ0v) is 14.1. The number of aryl methyl sites for hydroxylation is 1. The molecule has 1 N–H and O–H groups in total. The molecule has 5 nitrogen and oxygen atoms in total. The summed E-state index contributed by atoms with van der Waals surface area (Å²) in [5.41, 5.74) is 1.60. The van der Waals surface area contributed by atoms with E-state index in [0.29, 0.717) is 17.4 Å². The van der Waals surface area contributed by atoms with Crippen LogP contribution in [0.4, 0.5) is 10.1 Å². The maximum Gasteiger partial charge on any atom is 0.254 e. The Morgan fingerprint density at radius 1 is 1.33 bits per heavy atom. The van der Waals surface area contributed by atoms with Gasteiger partial charge in [-0.3, -0.25) is 4.79 Å². The molecule has 1 saturated carbocycles. The molecular formula is C18H21FN4O. The predicted octanol–water partition coefficient (Wildman–Crippen LogP) is 2.87. The molecule has 1 amide bonds. The molecule has 1 atom stereocenters. The standard InChI is InChI=1S/C18H21FN4O/c1-11-8-9-20-17(21-11)16(12-4-5-12)22-18(24)14-7-6-13(23(2)3)10-15(14)19/h6-10,12,16H,4-5H2,1-3H3,(H,22,24). The van der Waals surface area contributed by atoms with Gasteiger partial charge in [-0.25, -0.2) is 14.4 Å². The first-order valence-corrected chi connectivity index (χ1v) is 8.03. The van der Waals surface area contributed by atoms with Gasteiger partial charge in [0.2, 0.25) is 0 Å². The zero-order valence-electron chi connectivity index (χ0n) is 14.1. The summed E-state index contributed by atoms with van der Waals surface area (Å²) in [7, 11) is 3.65. The lowest BCUT2D eigenvalue weighted by Gasteiger charge is -2.18. The fourth-order valence-corrected chi connectivity index (χ4v) is 2.63. The number of carbonyl (C=O) groups excluding carboxylic acids is 1. The van der Waals surface area contributed by atoms with Crippen molar-refractivity contribution >= 4 is 11.6 Å². The lowest BCUT2D eigenvalue weighted by Crippen LogP contribution is -2.32. The van der Waals surface area contributed by atoms with Gasteiger partial charge in [-0.05, 0) is 49.9 Å². The van der Waals surface area contributed by atoms with Gasteiger partial charge in [0.05, 0.1) is 11.6 Å². The molecule has 0 aliphatic heterocycles. The maximum atomic E-state index is 14.3. The first-order valence-electron chi connectivity index (χ1n) is 8.03. The van der Waals surface area contributed by atoms with Crippen molar-refractivity contribution < 1.29 is 9.18 Å². The molecule has 1 heterocycles. The van der Waals surface area contributed by atoms with Crippen molar-refractivity contribution in [3.05, 3.63) is 53.4 Å². The van der Waals surface area contributed by atoms with E-state index in [2.05, 4.69) is 15.3 Å². The first kappa shape index (κ1) is 16.4. The number of rotatable bonds is 5. The second-order valence-corrected chi connectivity index (χ2v) is 6.40. The van der Waals surface area contributed by atoms with Crippen molar-refractivity contribution in [1.82, 2.24) is 15.3 Å². The van der Waals surface area contributed by atoms with Gasteiger partial charge in [0.1, 0.15) is 5.82 Å². The number of benzene rings is 1. The molecule has 3 rings (SSSR count). The Bertz CT molecular complexity index is 758. The normalized spacial score (nSPS) is 15.0. The van der Waals surface area contributed by atoms with Gasteiger partial charge in [0, 0.05) is 31.7 Å². The minimum atomic E-state index is -0.529. The first-order chi connectivity index (χ1) is 11.5. The third kappa shape index (κ3) is 3.53. The fourth-order valence-electron chi connectivity index (χ4n) is 2.63. The summed E-state index contributed by atoms with van der Waals surface area (Å²) in [5.74, 6) is -0.0470. The molecule has 0 spiro atoms. The van der Waals surface area contributed by atoms with E-state index < -0.39 is 11.7 Å². The van der Waals surface area contributed by atoms with E-state index in [0.717, 1.165) is 18.5 Å². The summed E-state index contributed by atoms with van der Waals surface area (Å²) < 4.78 is 14.3. The smallest absolute Gasteiger partial charge is 0.254 e. The SMILES string of the molecule is Cc1ccnc(C(NC(=O)c2ccc(N(C)C)cc2F)C2CC2)n1. The number of carbonyl (C=O) groups is 1. The number of amides is 1.